The molecule has 0 N–H and O–H groups in total. The first kappa shape index (κ1) is 39.1. The molecule has 4 aromatic carbocycles. The lowest BCUT2D eigenvalue weighted by atomic mass is 9.92. The van der Waals surface area contributed by atoms with Crippen molar-refractivity contribution in [3.05, 3.63) is 144 Å². The fourth-order valence-electron chi connectivity index (χ4n) is 5.73. The lowest BCUT2D eigenvalue weighted by molar-refractivity contribution is -0.229. The first-order valence-corrected chi connectivity index (χ1v) is 19.0. The fourth-order valence-corrected chi connectivity index (χ4v) is 7.42. The van der Waals surface area contributed by atoms with E-state index in [4.69, 9.17) is 32.7 Å². The molecule has 0 aliphatic carbocycles. The summed E-state index contributed by atoms with van der Waals surface area (Å²) in [5.74, 6) is -3.09. The van der Waals surface area contributed by atoms with Crippen molar-refractivity contribution >= 4 is 31.5 Å². The highest BCUT2D eigenvalue weighted by molar-refractivity contribution is 7.53. The van der Waals surface area contributed by atoms with Crippen LogP contribution in [0.3, 0.4) is 0 Å². The molecule has 0 amide bonds. The smallest absolute Gasteiger partial charge is 0.338 e. The molecule has 12 nitrogen and oxygen atoms in total. The zero-order chi connectivity index (χ0) is 37.6. The van der Waals surface area contributed by atoms with Crippen molar-refractivity contribution in [1.82, 2.24) is 0 Å². The molecule has 1 heterocycles. The van der Waals surface area contributed by atoms with Gasteiger partial charge in [0.15, 0.2) is 18.3 Å². The van der Waals surface area contributed by atoms with Gasteiger partial charge in [-0.25, -0.2) is 19.2 Å². The third-order valence-corrected chi connectivity index (χ3v) is 10.3. The average Bonchev–Trinajstić information content (AvgIpc) is 3.19. The van der Waals surface area contributed by atoms with Gasteiger partial charge in [0.2, 0.25) is 0 Å². The number of hydrogen-bond acceptors (Lipinski definition) is 12. The number of hydrogen-bond donors (Lipinski definition) is 0. The third kappa shape index (κ3) is 10.7. The van der Waals surface area contributed by atoms with Crippen LogP contribution >= 0.6 is 7.60 Å². The summed E-state index contributed by atoms with van der Waals surface area (Å²) in [6, 6.07) is 32.6. The molecule has 4 aromatic rings. The van der Waals surface area contributed by atoms with Crippen molar-refractivity contribution in [2.24, 2.45) is 0 Å². The van der Waals surface area contributed by atoms with Crippen LogP contribution in [-0.4, -0.2) is 80.4 Å². The van der Waals surface area contributed by atoms with Gasteiger partial charge in [0, 0.05) is 0 Å². The van der Waals surface area contributed by atoms with Gasteiger partial charge in [-0.1, -0.05) is 72.8 Å². The summed E-state index contributed by atoms with van der Waals surface area (Å²) in [6.45, 7) is 3.08. The fraction of sp³-hybridized carbons (Fsp3) is 0.300. The standard InChI is InChI=1S/C40H41O12P/c1-3-47-53(45,48-4-2)26-25-32-34(50-38(42)29-19-11-6-12-20-29)36(52-40(44)31-23-15-8-16-24-31)35(51-39(43)30-21-13-7-14-22-30)33(49-32)27-46-37(41)28-17-9-5-10-18-28/h5-24,32-36H,3-4,25-27H2,1-2H3/t32-,33?,34?,35?,36?/m0/s1. The number of carbonyl (C=O) groups is 4. The molecule has 278 valence electrons. The quantitative estimate of drug-likeness (QED) is 0.0664. The number of benzene rings is 4. The Hall–Kier alpha value is -5.13. The summed E-state index contributed by atoms with van der Waals surface area (Å²) in [6.07, 6.45) is -7.11. The highest BCUT2D eigenvalue weighted by atomic mass is 31.2. The molecule has 0 radical (unpaired) electrons. The van der Waals surface area contributed by atoms with E-state index in [0.717, 1.165) is 0 Å². The van der Waals surface area contributed by atoms with E-state index in [-0.39, 0.29) is 48.1 Å². The second-order valence-corrected chi connectivity index (χ2v) is 14.0. The van der Waals surface area contributed by atoms with Crippen LogP contribution in [0.15, 0.2) is 121 Å². The van der Waals surface area contributed by atoms with Crippen molar-refractivity contribution in [2.75, 3.05) is 26.0 Å². The van der Waals surface area contributed by atoms with Gasteiger partial charge < -0.3 is 32.7 Å². The average molecular weight is 745 g/mol. The molecule has 0 spiro atoms. The molecule has 1 aliphatic heterocycles. The largest absolute Gasteiger partial charge is 0.459 e. The van der Waals surface area contributed by atoms with Crippen LogP contribution in [0, 0.1) is 0 Å². The maximum Gasteiger partial charge on any atom is 0.338 e. The number of rotatable bonds is 16. The Kier molecular flexibility index (Phi) is 14.1. The minimum absolute atomic E-state index is 0.0914. The lowest BCUT2D eigenvalue weighted by Crippen LogP contribution is -2.62. The highest BCUT2D eigenvalue weighted by Crippen LogP contribution is 2.49. The number of carbonyl (C=O) groups excluding carboxylic acids is 4. The normalized spacial score (nSPS) is 19.8. The third-order valence-electron chi connectivity index (χ3n) is 8.22. The van der Waals surface area contributed by atoms with E-state index in [2.05, 4.69) is 0 Å². The van der Waals surface area contributed by atoms with Crippen LogP contribution in [0.5, 0.6) is 0 Å². The Morgan fingerprint density at radius 3 is 1.28 bits per heavy atom. The first-order valence-electron chi connectivity index (χ1n) is 17.2. The predicted octanol–water partition coefficient (Wildman–Crippen LogP) is 6.94. The van der Waals surface area contributed by atoms with Gasteiger partial charge in [0.05, 0.1) is 47.7 Å². The second kappa shape index (κ2) is 19.1. The summed E-state index contributed by atoms with van der Waals surface area (Å²) in [5, 5.41) is 0. The topological polar surface area (TPSA) is 150 Å². The van der Waals surface area contributed by atoms with Crippen molar-refractivity contribution in [3.8, 4) is 0 Å². The predicted molar refractivity (Wildman–Crippen MR) is 193 cm³/mol. The summed E-state index contributed by atoms with van der Waals surface area (Å²) in [4.78, 5) is 54.2. The molecule has 0 saturated carbocycles. The van der Waals surface area contributed by atoms with Crippen molar-refractivity contribution in [2.45, 2.75) is 50.8 Å². The minimum Gasteiger partial charge on any atom is -0.459 e. The summed E-state index contributed by atoms with van der Waals surface area (Å²) in [5.41, 5.74) is 0.787. The van der Waals surface area contributed by atoms with Gasteiger partial charge in [-0.15, -0.1) is 0 Å². The van der Waals surface area contributed by atoms with E-state index in [1.807, 2.05) is 0 Å². The monoisotopic (exact) mass is 744 g/mol. The zero-order valence-corrected chi connectivity index (χ0v) is 30.2. The maximum atomic E-state index is 13.8. The summed E-state index contributed by atoms with van der Waals surface area (Å²) in [7, 11) is -3.67. The highest BCUT2D eigenvalue weighted by Gasteiger charge is 2.53. The second-order valence-electron chi connectivity index (χ2n) is 11.8. The molecule has 1 aliphatic rings. The summed E-state index contributed by atoms with van der Waals surface area (Å²) >= 11 is 0. The molecule has 0 aromatic heterocycles. The van der Waals surface area contributed by atoms with Crippen molar-refractivity contribution < 1.29 is 56.5 Å². The lowest BCUT2D eigenvalue weighted by Gasteiger charge is -2.45. The Morgan fingerprint density at radius 1 is 0.528 bits per heavy atom. The van der Waals surface area contributed by atoms with Gasteiger partial charge >= 0.3 is 31.5 Å². The van der Waals surface area contributed by atoms with Crippen LogP contribution in [0.1, 0.15) is 61.7 Å². The number of esters is 4. The van der Waals surface area contributed by atoms with Gasteiger partial charge in [-0.2, -0.15) is 0 Å². The molecule has 5 atom stereocenters. The molecule has 5 rings (SSSR count). The Balaban J connectivity index is 1.57. The molecule has 53 heavy (non-hydrogen) atoms. The van der Waals surface area contributed by atoms with Crippen molar-refractivity contribution in [1.29, 1.82) is 0 Å². The molecule has 4 unspecified atom stereocenters. The Bertz CT molecular complexity index is 1830. The van der Waals surface area contributed by atoms with E-state index in [1.165, 1.54) is 24.3 Å². The zero-order valence-electron chi connectivity index (χ0n) is 29.3. The van der Waals surface area contributed by atoms with Crippen LogP contribution in [-0.2, 0) is 37.3 Å². The molecule has 0 bridgehead atoms. The van der Waals surface area contributed by atoms with Crippen LogP contribution < -0.4 is 0 Å². The minimum atomic E-state index is -3.67. The van der Waals surface area contributed by atoms with Crippen LogP contribution in [0.4, 0.5) is 0 Å². The Labute approximate surface area is 307 Å². The van der Waals surface area contributed by atoms with E-state index in [0.29, 0.717) is 0 Å². The molecule has 1 fully saturated rings. The van der Waals surface area contributed by atoms with Gasteiger partial charge in [0.25, 0.3) is 0 Å². The van der Waals surface area contributed by atoms with Gasteiger partial charge in [-0.05, 0) is 68.8 Å². The first-order chi connectivity index (χ1) is 25.7. The molecule has 13 heteroatoms. The van der Waals surface area contributed by atoms with E-state index < -0.39 is 68.6 Å². The maximum absolute atomic E-state index is 13.8. The number of ether oxygens (including phenoxy) is 5. The van der Waals surface area contributed by atoms with Crippen molar-refractivity contribution in [3.63, 3.8) is 0 Å². The van der Waals surface area contributed by atoms with E-state index in [1.54, 1.807) is 111 Å². The van der Waals surface area contributed by atoms with Gasteiger partial charge in [0.1, 0.15) is 12.7 Å². The molecular formula is C40H41O12P. The Morgan fingerprint density at radius 2 is 0.887 bits per heavy atom. The van der Waals surface area contributed by atoms with Crippen LogP contribution in [0.2, 0.25) is 0 Å². The van der Waals surface area contributed by atoms with E-state index >= 15 is 0 Å². The summed E-state index contributed by atoms with van der Waals surface area (Å²) < 4.78 is 55.1. The molecular weight excluding hydrogens is 703 g/mol. The van der Waals surface area contributed by atoms with Crippen LogP contribution in [0.25, 0.3) is 0 Å². The van der Waals surface area contributed by atoms with E-state index in [9.17, 15) is 23.7 Å². The SMILES string of the molecule is CCOP(=O)(CC[C@@H]1OC(COC(=O)c2ccccc2)C(OC(=O)c2ccccc2)C(OC(=O)c2ccccc2)C1OC(=O)c1ccccc1)OCC. The van der Waals surface area contributed by atoms with Gasteiger partial charge in [-0.3, -0.25) is 4.57 Å². The molecule has 1 saturated heterocycles.